The molecule has 18 heavy (non-hydrogen) atoms. The molecule has 0 rings (SSSR count). The summed E-state index contributed by atoms with van der Waals surface area (Å²) in [6, 6.07) is 0. The minimum absolute atomic E-state index is 0.0655. The summed E-state index contributed by atoms with van der Waals surface area (Å²) in [6.07, 6.45) is 4.45. The Bertz CT molecular complexity index is 269. The minimum Gasteiger partial charge on any atom is -0.481 e. The molecule has 0 aliphatic rings. The van der Waals surface area contributed by atoms with Crippen molar-refractivity contribution < 1.29 is 14.7 Å². The molecule has 0 aliphatic carbocycles. The van der Waals surface area contributed by atoms with E-state index >= 15 is 0 Å². The molecule has 1 atom stereocenters. The quantitative estimate of drug-likeness (QED) is 0.657. The van der Waals surface area contributed by atoms with Crippen LogP contribution >= 0.6 is 0 Å². The first-order valence-electron chi connectivity index (χ1n) is 6.80. The number of hydrogen-bond acceptors (Lipinski definition) is 2. The number of aliphatic carboxylic acids is 1. The number of nitrogens with one attached hydrogen (secondary N) is 1. The van der Waals surface area contributed by atoms with Crippen molar-refractivity contribution in [2.45, 2.75) is 71.8 Å². The first-order chi connectivity index (χ1) is 8.26. The average molecular weight is 257 g/mol. The van der Waals surface area contributed by atoms with Crippen LogP contribution < -0.4 is 5.32 Å². The monoisotopic (exact) mass is 257 g/mol. The molecule has 0 aliphatic heterocycles. The predicted molar refractivity (Wildman–Crippen MR) is 72.4 cm³/mol. The second kappa shape index (κ2) is 8.11. The van der Waals surface area contributed by atoms with E-state index in [0.29, 0.717) is 19.3 Å². The van der Waals surface area contributed by atoms with Gasteiger partial charge in [0.25, 0.3) is 0 Å². The summed E-state index contributed by atoms with van der Waals surface area (Å²) >= 11 is 0. The van der Waals surface area contributed by atoms with E-state index in [2.05, 4.69) is 12.2 Å². The first-order valence-corrected chi connectivity index (χ1v) is 6.80. The van der Waals surface area contributed by atoms with Gasteiger partial charge in [-0.15, -0.1) is 0 Å². The molecule has 0 heterocycles. The van der Waals surface area contributed by atoms with Gasteiger partial charge in [0.2, 0.25) is 5.91 Å². The van der Waals surface area contributed by atoms with Crippen molar-refractivity contribution in [3.8, 4) is 0 Å². The number of carbonyl (C=O) groups is 2. The van der Waals surface area contributed by atoms with Gasteiger partial charge in [-0.3, -0.25) is 9.59 Å². The zero-order valence-electron chi connectivity index (χ0n) is 12.1. The van der Waals surface area contributed by atoms with Gasteiger partial charge < -0.3 is 10.4 Å². The largest absolute Gasteiger partial charge is 0.481 e. The van der Waals surface area contributed by atoms with Crippen LogP contribution in [-0.2, 0) is 9.59 Å². The van der Waals surface area contributed by atoms with E-state index in [-0.39, 0.29) is 17.4 Å². The zero-order valence-corrected chi connectivity index (χ0v) is 12.1. The standard InChI is InChI=1S/C14H27NO3/c1-5-6-7-8-11(13(17)18)9-10-12(16)15-14(2,3)4/h11H,5-10H2,1-4H3,(H,15,16)(H,17,18)/t11-/m1/s1. The fraction of sp³-hybridized carbons (Fsp3) is 0.857. The van der Waals surface area contributed by atoms with E-state index in [1.165, 1.54) is 0 Å². The van der Waals surface area contributed by atoms with Gasteiger partial charge in [-0.05, 0) is 33.6 Å². The summed E-state index contributed by atoms with van der Waals surface area (Å²) in [7, 11) is 0. The molecule has 0 bridgehead atoms. The number of carboxylic acids is 1. The first kappa shape index (κ1) is 16.9. The van der Waals surface area contributed by atoms with E-state index in [4.69, 9.17) is 5.11 Å². The maximum absolute atomic E-state index is 11.6. The van der Waals surface area contributed by atoms with Gasteiger partial charge in [-0.25, -0.2) is 0 Å². The van der Waals surface area contributed by atoms with E-state index < -0.39 is 5.97 Å². The molecule has 4 heteroatoms. The number of hydrogen-bond donors (Lipinski definition) is 2. The van der Waals surface area contributed by atoms with Gasteiger partial charge in [0, 0.05) is 12.0 Å². The van der Waals surface area contributed by atoms with Crippen LogP contribution in [0.2, 0.25) is 0 Å². The van der Waals surface area contributed by atoms with Crippen molar-refractivity contribution in [2.24, 2.45) is 5.92 Å². The third kappa shape index (κ3) is 9.02. The summed E-state index contributed by atoms with van der Waals surface area (Å²) in [5.41, 5.74) is -0.252. The van der Waals surface area contributed by atoms with Crippen molar-refractivity contribution in [3.05, 3.63) is 0 Å². The molecule has 0 saturated carbocycles. The van der Waals surface area contributed by atoms with Crippen molar-refractivity contribution in [1.82, 2.24) is 5.32 Å². The Labute approximate surface area is 110 Å². The SMILES string of the molecule is CCCCC[C@H](CCC(=O)NC(C)(C)C)C(=O)O. The third-order valence-corrected chi connectivity index (χ3v) is 2.74. The molecule has 0 unspecified atom stereocenters. The van der Waals surface area contributed by atoms with Gasteiger partial charge >= 0.3 is 5.97 Å². The molecule has 1 amide bonds. The molecule has 0 radical (unpaired) electrons. The van der Waals surface area contributed by atoms with Gasteiger partial charge in [0.15, 0.2) is 0 Å². The minimum atomic E-state index is -0.783. The highest BCUT2D eigenvalue weighted by molar-refractivity contribution is 5.77. The smallest absolute Gasteiger partial charge is 0.306 e. The van der Waals surface area contributed by atoms with Crippen LogP contribution in [0.5, 0.6) is 0 Å². The number of carbonyl (C=O) groups excluding carboxylic acids is 1. The highest BCUT2D eigenvalue weighted by atomic mass is 16.4. The Morgan fingerprint density at radius 1 is 1.17 bits per heavy atom. The van der Waals surface area contributed by atoms with Crippen LogP contribution in [0.25, 0.3) is 0 Å². The lowest BCUT2D eigenvalue weighted by molar-refractivity contribution is -0.142. The molecule has 4 nitrogen and oxygen atoms in total. The summed E-state index contributed by atoms with van der Waals surface area (Å²) in [5.74, 6) is -1.24. The topological polar surface area (TPSA) is 66.4 Å². The van der Waals surface area contributed by atoms with Crippen LogP contribution in [0.15, 0.2) is 0 Å². The van der Waals surface area contributed by atoms with Gasteiger partial charge in [-0.1, -0.05) is 26.2 Å². The Kier molecular flexibility index (Phi) is 7.64. The van der Waals surface area contributed by atoms with E-state index in [9.17, 15) is 9.59 Å². The average Bonchev–Trinajstić information content (AvgIpc) is 2.20. The number of amides is 1. The summed E-state index contributed by atoms with van der Waals surface area (Å²) < 4.78 is 0. The molecular weight excluding hydrogens is 230 g/mol. The number of carboxylic acid groups (broad SMARTS) is 1. The lowest BCUT2D eigenvalue weighted by atomic mass is 9.96. The molecule has 0 fully saturated rings. The van der Waals surface area contributed by atoms with Crippen LogP contribution in [0.4, 0.5) is 0 Å². The Morgan fingerprint density at radius 2 is 1.78 bits per heavy atom. The second-order valence-electron chi connectivity index (χ2n) is 5.87. The zero-order chi connectivity index (χ0) is 14.2. The van der Waals surface area contributed by atoms with Crippen LogP contribution in [0, 0.1) is 5.92 Å². The van der Waals surface area contributed by atoms with Crippen molar-refractivity contribution in [3.63, 3.8) is 0 Å². The van der Waals surface area contributed by atoms with E-state index in [1.807, 2.05) is 20.8 Å². The van der Waals surface area contributed by atoms with Crippen LogP contribution in [0.3, 0.4) is 0 Å². The Hall–Kier alpha value is -1.06. The molecular formula is C14H27NO3. The van der Waals surface area contributed by atoms with E-state index in [0.717, 1.165) is 19.3 Å². The van der Waals surface area contributed by atoms with Crippen molar-refractivity contribution >= 4 is 11.9 Å². The molecule has 0 aromatic heterocycles. The predicted octanol–water partition coefficient (Wildman–Crippen LogP) is 2.96. The highest BCUT2D eigenvalue weighted by Crippen LogP contribution is 2.16. The van der Waals surface area contributed by atoms with Gasteiger partial charge in [-0.2, -0.15) is 0 Å². The summed E-state index contributed by atoms with van der Waals surface area (Å²) in [4.78, 5) is 22.7. The van der Waals surface area contributed by atoms with Crippen LogP contribution in [0.1, 0.15) is 66.2 Å². The fourth-order valence-electron chi connectivity index (χ4n) is 1.82. The number of rotatable bonds is 8. The summed E-state index contributed by atoms with van der Waals surface area (Å²) in [5, 5.41) is 11.9. The van der Waals surface area contributed by atoms with Crippen LogP contribution in [-0.4, -0.2) is 22.5 Å². The van der Waals surface area contributed by atoms with Crippen molar-refractivity contribution in [1.29, 1.82) is 0 Å². The molecule has 0 spiro atoms. The summed E-state index contributed by atoms with van der Waals surface area (Å²) in [6.45, 7) is 7.84. The maximum Gasteiger partial charge on any atom is 0.306 e. The third-order valence-electron chi connectivity index (χ3n) is 2.74. The maximum atomic E-state index is 11.6. The van der Waals surface area contributed by atoms with E-state index in [1.54, 1.807) is 0 Å². The molecule has 0 aromatic rings. The molecule has 0 saturated heterocycles. The van der Waals surface area contributed by atoms with Gasteiger partial charge in [0.05, 0.1) is 5.92 Å². The second-order valence-corrected chi connectivity index (χ2v) is 5.87. The number of unbranched alkanes of at least 4 members (excludes halogenated alkanes) is 2. The van der Waals surface area contributed by atoms with Gasteiger partial charge in [0.1, 0.15) is 0 Å². The molecule has 0 aromatic carbocycles. The lowest BCUT2D eigenvalue weighted by Crippen LogP contribution is -2.40. The highest BCUT2D eigenvalue weighted by Gasteiger charge is 2.20. The van der Waals surface area contributed by atoms with Crippen molar-refractivity contribution in [2.75, 3.05) is 0 Å². The Morgan fingerprint density at radius 3 is 2.22 bits per heavy atom. The molecule has 106 valence electrons. The Balaban J connectivity index is 4.03. The normalized spacial score (nSPS) is 13.1. The fourth-order valence-corrected chi connectivity index (χ4v) is 1.82. The lowest BCUT2D eigenvalue weighted by Gasteiger charge is -2.21. The molecule has 2 N–H and O–H groups in total.